The largest absolute Gasteiger partial charge is 0.253 e. The van der Waals surface area contributed by atoms with E-state index in [-0.39, 0.29) is 0 Å². The molecule has 0 saturated heterocycles. The summed E-state index contributed by atoms with van der Waals surface area (Å²) in [5.41, 5.74) is 11.8. The van der Waals surface area contributed by atoms with Crippen LogP contribution in [-0.4, -0.2) is 24.9 Å². The molecule has 3 aromatic heterocycles. The third kappa shape index (κ3) is 4.90. The molecule has 0 N–H and O–H groups in total. The van der Waals surface area contributed by atoms with Gasteiger partial charge in [-0.25, -0.2) is 15.0 Å². The molecule has 3 heterocycles. The van der Waals surface area contributed by atoms with Gasteiger partial charge in [0.25, 0.3) is 0 Å². The second-order valence-electron chi connectivity index (χ2n) is 12.4. The molecule has 0 saturated carbocycles. The molecule has 5 heteroatoms. The maximum absolute atomic E-state index is 5.02. The van der Waals surface area contributed by atoms with E-state index in [1.165, 1.54) is 44.5 Å². The Labute approximate surface area is 285 Å². The Morgan fingerprint density at radius 3 is 1.65 bits per heavy atom. The van der Waals surface area contributed by atoms with Crippen molar-refractivity contribution >= 4 is 0 Å². The first-order chi connectivity index (χ1) is 24.3. The Morgan fingerprint density at radius 2 is 1.06 bits per heavy atom. The van der Waals surface area contributed by atoms with Crippen molar-refractivity contribution in [1.82, 2.24) is 24.9 Å². The lowest BCUT2D eigenvalue weighted by atomic mass is 9.65. The molecule has 0 spiro atoms. The van der Waals surface area contributed by atoms with E-state index in [1.54, 1.807) is 12.4 Å². The number of nitrogens with zero attached hydrogens (tertiary/aromatic N) is 5. The van der Waals surface area contributed by atoms with E-state index in [1.807, 2.05) is 36.4 Å². The first kappa shape index (κ1) is 28.9. The third-order valence-corrected chi connectivity index (χ3v) is 9.63. The van der Waals surface area contributed by atoms with E-state index < -0.39 is 5.41 Å². The van der Waals surface area contributed by atoms with Crippen molar-refractivity contribution in [2.45, 2.75) is 18.3 Å². The van der Waals surface area contributed by atoms with Crippen LogP contribution >= 0.6 is 0 Å². The van der Waals surface area contributed by atoms with Crippen LogP contribution in [0.4, 0.5) is 0 Å². The Hall–Kier alpha value is -6.33. The van der Waals surface area contributed by atoms with Crippen LogP contribution in [0.1, 0.15) is 29.5 Å². The van der Waals surface area contributed by atoms with E-state index in [0.29, 0.717) is 28.9 Å². The van der Waals surface area contributed by atoms with E-state index in [9.17, 15) is 0 Å². The van der Waals surface area contributed by atoms with Crippen LogP contribution in [0.5, 0.6) is 0 Å². The summed E-state index contributed by atoms with van der Waals surface area (Å²) in [4.78, 5) is 24.0. The fraction of sp³-hybridized carbons (Fsp3) is 0.0682. The molecule has 0 radical (unpaired) electrons. The van der Waals surface area contributed by atoms with Crippen molar-refractivity contribution < 1.29 is 0 Å². The molecule has 1 atom stereocenters. The van der Waals surface area contributed by atoms with E-state index in [4.69, 9.17) is 15.0 Å². The van der Waals surface area contributed by atoms with E-state index in [0.717, 1.165) is 18.4 Å². The standard InChI is InChI=1S/C44H31N5/c1-4-14-30(15-5-1)31-22-24-35-36-25-23-32(41-47-42(39-20-10-12-26-45-39)49-43(48-41)40-21-11-13-27-46-40)29-38(36)44(37(35)28-31,33-16-6-2-7-17-33)34-18-8-3-9-19-34/h1-8,10-18,20-29H,9,19H2. The van der Waals surface area contributed by atoms with Gasteiger partial charge in [-0.05, 0) is 88.2 Å². The first-order valence-electron chi connectivity index (χ1n) is 16.6. The number of hydrogen-bond acceptors (Lipinski definition) is 5. The fourth-order valence-electron chi connectivity index (χ4n) is 7.44. The van der Waals surface area contributed by atoms with Crippen molar-refractivity contribution in [2.24, 2.45) is 0 Å². The Kier molecular flexibility index (Phi) is 7.09. The number of benzene rings is 4. The zero-order valence-electron chi connectivity index (χ0n) is 26.7. The molecule has 4 aromatic carbocycles. The van der Waals surface area contributed by atoms with Crippen LogP contribution in [0.25, 0.3) is 56.7 Å². The minimum Gasteiger partial charge on any atom is -0.253 e. The molecule has 2 aliphatic carbocycles. The van der Waals surface area contributed by atoms with Crippen LogP contribution in [0.2, 0.25) is 0 Å². The summed E-state index contributed by atoms with van der Waals surface area (Å²) in [6.07, 6.45) is 12.3. The second kappa shape index (κ2) is 12.0. The van der Waals surface area contributed by atoms with Crippen molar-refractivity contribution in [1.29, 1.82) is 0 Å². The number of fused-ring (bicyclic) bond motifs is 3. The number of hydrogen-bond donors (Lipinski definition) is 0. The highest BCUT2D eigenvalue weighted by atomic mass is 15.1. The van der Waals surface area contributed by atoms with Crippen LogP contribution in [0.3, 0.4) is 0 Å². The average Bonchev–Trinajstić information content (AvgIpc) is 3.49. The van der Waals surface area contributed by atoms with Crippen LogP contribution in [0, 0.1) is 0 Å². The van der Waals surface area contributed by atoms with Gasteiger partial charge in [-0.15, -0.1) is 0 Å². The smallest absolute Gasteiger partial charge is 0.182 e. The van der Waals surface area contributed by atoms with Crippen molar-refractivity contribution in [2.75, 3.05) is 0 Å². The monoisotopic (exact) mass is 629 g/mol. The summed E-state index contributed by atoms with van der Waals surface area (Å²) in [7, 11) is 0. The highest BCUT2D eigenvalue weighted by Crippen LogP contribution is 2.58. The molecule has 0 bridgehead atoms. The summed E-state index contributed by atoms with van der Waals surface area (Å²) in [6, 6.07) is 46.8. The molecule has 0 fully saturated rings. The molecule has 0 amide bonds. The quantitative estimate of drug-likeness (QED) is 0.183. The van der Waals surface area contributed by atoms with Gasteiger partial charge in [0.05, 0.1) is 5.41 Å². The average molecular weight is 630 g/mol. The molecule has 1 unspecified atom stereocenters. The van der Waals surface area contributed by atoms with Gasteiger partial charge < -0.3 is 0 Å². The zero-order valence-corrected chi connectivity index (χ0v) is 26.7. The van der Waals surface area contributed by atoms with E-state index >= 15 is 0 Å². The minimum absolute atomic E-state index is 0.502. The molecular weight excluding hydrogens is 599 g/mol. The van der Waals surface area contributed by atoms with Crippen LogP contribution < -0.4 is 0 Å². The van der Waals surface area contributed by atoms with Gasteiger partial charge >= 0.3 is 0 Å². The van der Waals surface area contributed by atoms with Gasteiger partial charge in [-0.3, -0.25) is 9.97 Å². The SMILES string of the molecule is C1=CCCC(C2(c3ccccc3)c3cc(-c4ccccc4)ccc3-c3ccc(-c4nc(-c5ccccn5)nc(-c5ccccn5)n4)cc32)=C1. The topological polar surface area (TPSA) is 64.5 Å². The van der Waals surface area contributed by atoms with Gasteiger partial charge in [0.1, 0.15) is 11.4 Å². The van der Waals surface area contributed by atoms with Crippen LogP contribution in [0.15, 0.2) is 170 Å². The molecule has 49 heavy (non-hydrogen) atoms. The Bertz CT molecular complexity index is 2310. The molecule has 0 aliphatic heterocycles. The first-order valence-corrected chi connectivity index (χ1v) is 16.6. The summed E-state index contributed by atoms with van der Waals surface area (Å²) >= 11 is 0. The highest BCUT2D eigenvalue weighted by Gasteiger charge is 2.47. The third-order valence-electron chi connectivity index (χ3n) is 9.63. The molecular formula is C44H31N5. The van der Waals surface area contributed by atoms with E-state index in [2.05, 4.69) is 125 Å². The van der Waals surface area contributed by atoms with Gasteiger partial charge in [0, 0.05) is 18.0 Å². The fourth-order valence-corrected chi connectivity index (χ4v) is 7.44. The van der Waals surface area contributed by atoms with Crippen LogP contribution in [-0.2, 0) is 5.41 Å². The van der Waals surface area contributed by atoms with Gasteiger partial charge in [-0.2, -0.15) is 0 Å². The summed E-state index contributed by atoms with van der Waals surface area (Å²) in [6.45, 7) is 0. The Morgan fingerprint density at radius 1 is 0.490 bits per heavy atom. The molecule has 2 aliphatic rings. The summed E-state index contributed by atoms with van der Waals surface area (Å²) in [5, 5.41) is 0. The zero-order chi connectivity index (χ0) is 32.6. The lowest BCUT2D eigenvalue weighted by Gasteiger charge is -2.37. The van der Waals surface area contributed by atoms with Crippen molar-refractivity contribution in [3.63, 3.8) is 0 Å². The lowest BCUT2D eigenvalue weighted by Crippen LogP contribution is -2.30. The lowest BCUT2D eigenvalue weighted by molar-refractivity contribution is 0.693. The predicted octanol–water partition coefficient (Wildman–Crippen LogP) is 9.92. The minimum atomic E-state index is -0.502. The molecule has 5 nitrogen and oxygen atoms in total. The maximum Gasteiger partial charge on any atom is 0.182 e. The summed E-state index contributed by atoms with van der Waals surface area (Å²) < 4.78 is 0. The van der Waals surface area contributed by atoms with Gasteiger partial charge in [0.2, 0.25) is 0 Å². The highest BCUT2D eigenvalue weighted by molar-refractivity contribution is 5.90. The molecule has 9 rings (SSSR count). The molecule has 232 valence electrons. The number of pyridine rings is 2. The Balaban J connectivity index is 1.31. The van der Waals surface area contributed by atoms with Gasteiger partial charge in [0.15, 0.2) is 17.5 Å². The van der Waals surface area contributed by atoms with Gasteiger partial charge in [-0.1, -0.05) is 121 Å². The molecule has 7 aromatic rings. The van der Waals surface area contributed by atoms with Crippen molar-refractivity contribution in [3.8, 4) is 56.7 Å². The summed E-state index contributed by atoms with van der Waals surface area (Å²) in [5.74, 6) is 1.61. The van der Waals surface area contributed by atoms with Crippen molar-refractivity contribution in [3.05, 3.63) is 186 Å². The number of aromatic nitrogens is 5. The normalized spacial score (nSPS) is 16.1. The number of rotatable bonds is 6. The maximum atomic E-state index is 5.02. The predicted molar refractivity (Wildman–Crippen MR) is 195 cm³/mol. The second-order valence-corrected chi connectivity index (χ2v) is 12.4. The number of allylic oxidation sites excluding steroid dienone is 4.